The van der Waals surface area contributed by atoms with E-state index < -0.39 is 0 Å². The summed E-state index contributed by atoms with van der Waals surface area (Å²) < 4.78 is 1.69. The summed E-state index contributed by atoms with van der Waals surface area (Å²) in [5.74, 6) is 0. The number of rotatable bonds is 4. The van der Waals surface area contributed by atoms with Crippen molar-refractivity contribution in [2.75, 3.05) is 0 Å². The molecule has 0 spiro atoms. The first-order chi connectivity index (χ1) is 13.1. The van der Waals surface area contributed by atoms with E-state index in [4.69, 9.17) is 11.6 Å². The molecule has 0 aliphatic rings. The molecule has 0 unspecified atom stereocenters. The van der Waals surface area contributed by atoms with Crippen LogP contribution in [0.5, 0.6) is 0 Å². The zero-order valence-corrected chi connectivity index (χ0v) is 16.8. The standard InChI is InChI=1S/C22H19ClN2OS/c1-3-15-4-6-16(7-5-15)12-25-13-24-21-20(22(25)26)19(14(2)27-21)17-8-10-18(23)11-9-17/h4-11,13H,3,12H2,1-2H3. The molecule has 0 bridgehead atoms. The van der Waals surface area contributed by atoms with Gasteiger partial charge in [0.25, 0.3) is 5.56 Å². The van der Waals surface area contributed by atoms with Crippen molar-refractivity contribution in [3.8, 4) is 11.1 Å². The molecule has 4 aromatic rings. The van der Waals surface area contributed by atoms with Gasteiger partial charge in [-0.2, -0.15) is 0 Å². The molecule has 0 aliphatic carbocycles. The molecule has 0 N–H and O–H groups in total. The summed E-state index contributed by atoms with van der Waals surface area (Å²) in [5.41, 5.74) is 4.33. The molecule has 0 atom stereocenters. The molecule has 0 aliphatic heterocycles. The highest BCUT2D eigenvalue weighted by atomic mass is 35.5. The number of benzene rings is 2. The Morgan fingerprint density at radius 2 is 1.70 bits per heavy atom. The van der Waals surface area contributed by atoms with Crippen LogP contribution in [-0.4, -0.2) is 9.55 Å². The molecule has 3 nitrogen and oxygen atoms in total. The number of aryl methyl sites for hydroxylation is 2. The number of thiophene rings is 1. The normalized spacial score (nSPS) is 11.2. The van der Waals surface area contributed by atoms with Crippen molar-refractivity contribution in [1.82, 2.24) is 9.55 Å². The van der Waals surface area contributed by atoms with Gasteiger partial charge < -0.3 is 0 Å². The SMILES string of the molecule is CCc1ccc(Cn2cnc3sc(C)c(-c4ccc(Cl)cc4)c3c2=O)cc1. The van der Waals surface area contributed by atoms with Gasteiger partial charge in [0.05, 0.1) is 18.3 Å². The highest BCUT2D eigenvalue weighted by molar-refractivity contribution is 7.19. The third kappa shape index (κ3) is 3.43. The number of hydrogen-bond donors (Lipinski definition) is 0. The molecule has 2 heterocycles. The lowest BCUT2D eigenvalue weighted by Crippen LogP contribution is -2.21. The van der Waals surface area contributed by atoms with Crippen molar-refractivity contribution in [1.29, 1.82) is 0 Å². The third-order valence-electron chi connectivity index (χ3n) is 4.77. The Morgan fingerprint density at radius 1 is 1.04 bits per heavy atom. The summed E-state index contributed by atoms with van der Waals surface area (Å²) in [6.07, 6.45) is 2.66. The first-order valence-electron chi connectivity index (χ1n) is 8.89. The van der Waals surface area contributed by atoms with Gasteiger partial charge in [-0.15, -0.1) is 11.3 Å². The van der Waals surface area contributed by atoms with Crippen molar-refractivity contribution in [3.05, 3.63) is 86.2 Å². The van der Waals surface area contributed by atoms with E-state index in [0.29, 0.717) is 17.0 Å². The van der Waals surface area contributed by atoms with Gasteiger partial charge in [-0.3, -0.25) is 9.36 Å². The van der Waals surface area contributed by atoms with Crippen LogP contribution in [0.4, 0.5) is 0 Å². The zero-order chi connectivity index (χ0) is 19.0. The smallest absolute Gasteiger partial charge is 0.263 e. The lowest BCUT2D eigenvalue weighted by molar-refractivity contribution is 0.749. The average molecular weight is 395 g/mol. The van der Waals surface area contributed by atoms with Gasteiger partial charge >= 0.3 is 0 Å². The molecule has 136 valence electrons. The lowest BCUT2D eigenvalue weighted by Gasteiger charge is -2.08. The minimum absolute atomic E-state index is 0.00568. The van der Waals surface area contributed by atoms with Crippen LogP contribution in [0.2, 0.25) is 5.02 Å². The molecule has 0 saturated carbocycles. The monoisotopic (exact) mass is 394 g/mol. The van der Waals surface area contributed by atoms with E-state index in [9.17, 15) is 4.79 Å². The van der Waals surface area contributed by atoms with Crippen LogP contribution in [0.15, 0.2) is 59.7 Å². The Kier molecular flexibility index (Phi) is 4.85. The summed E-state index contributed by atoms with van der Waals surface area (Å²) in [6, 6.07) is 16.0. The van der Waals surface area contributed by atoms with E-state index in [1.165, 1.54) is 5.56 Å². The second kappa shape index (κ2) is 7.29. The van der Waals surface area contributed by atoms with Gasteiger partial charge in [0.2, 0.25) is 0 Å². The number of fused-ring (bicyclic) bond motifs is 1. The fourth-order valence-corrected chi connectivity index (χ4v) is 4.42. The van der Waals surface area contributed by atoms with Crippen molar-refractivity contribution in [2.45, 2.75) is 26.8 Å². The van der Waals surface area contributed by atoms with Gasteiger partial charge in [0.15, 0.2) is 0 Å². The molecule has 2 aromatic heterocycles. The molecule has 0 fully saturated rings. The topological polar surface area (TPSA) is 34.9 Å². The van der Waals surface area contributed by atoms with Crippen LogP contribution in [0.25, 0.3) is 21.3 Å². The molecule has 0 radical (unpaired) electrons. The summed E-state index contributed by atoms with van der Waals surface area (Å²) in [6.45, 7) is 4.68. The van der Waals surface area contributed by atoms with Crippen molar-refractivity contribution in [3.63, 3.8) is 0 Å². The van der Waals surface area contributed by atoms with Crippen molar-refractivity contribution < 1.29 is 0 Å². The van der Waals surface area contributed by atoms with E-state index in [1.54, 1.807) is 22.2 Å². The van der Waals surface area contributed by atoms with Crippen LogP contribution in [0.1, 0.15) is 22.9 Å². The van der Waals surface area contributed by atoms with Crippen LogP contribution in [0, 0.1) is 6.92 Å². The van der Waals surface area contributed by atoms with Crippen molar-refractivity contribution >= 4 is 33.2 Å². The highest BCUT2D eigenvalue weighted by Crippen LogP contribution is 2.35. The molecule has 0 saturated heterocycles. The summed E-state index contributed by atoms with van der Waals surface area (Å²) in [4.78, 5) is 19.6. The Labute approximate surface area is 166 Å². The van der Waals surface area contributed by atoms with Crippen LogP contribution < -0.4 is 5.56 Å². The summed E-state index contributed by atoms with van der Waals surface area (Å²) in [5, 5.41) is 1.37. The Bertz CT molecular complexity index is 1160. The minimum atomic E-state index is -0.00568. The molecule has 27 heavy (non-hydrogen) atoms. The second-order valence-corrected chi connectivity index (χ2v) is 8.21. The van der Waals surface area contributed by atoms with Gasteiger partial charge in [0.1, 0.15) is 4.83 Å². The number of aromatic nitrogens is 2. The molecular formula is C22H19ClN2OS. The van der Waals surface area contributed by atoms with Gasteiger partial charge in [-0.1, -0.05) is 54.9 Å². The summed E-state index contributed by atoms with van der Waals surface area (Å²) >= 11 is 7.58. The maximum absolute atomic E-state index is 13.2. The lowest BCUT2D eigenvalue weighted by atomic mass is 10.0. The first-order valence-corrected chi connectivity index (χ1v) is 10.1. The second-order valence-electron chi connectivity index (χ2n) is 6.57. The first kappa shape index (κ1) is 18.0. The van der Waals surface area contributed by atoms with Gasteiger partial charge in [0, 0.05) is 15.5 Å². The Morgan fingerprint density at radius 3 is 2.37 bits per heavy atom. The zero-order valence-electron chi connectivity index (χ0n) is 15.2. The van der Waals surface area contributed by atoms with Gasteiger partial charge in [-0.05, 0) is 42.2 Å². The van der Waals surface area contributed by atoms with E-state index >= 15 is 0 Å². The number of nitrogens with zero attached hydrogens (tertiary/aromatic N) is 2. The quantitative estimate of drug-likeness (QED) is 0.445. The molecular weight excluding hydrogens is 376 g/mol. The van der Waals surface area contributed by atoms with Gasteiger partial charge in [-0.25, -0.2) is 4.98 Å². The summed E-state index contributed by atoms with van der Waals surface area (Å²) in [7, 11) is 0. The largest absolute Gasteiger partial charge is 0.294 e. The maximum atomic E-state index is 13.2. The number of halogens is 1. The van der Waals surface area contributed by atoms with Crippen LogP contribution in [-0.2, 0) is 13.0 Å². The third-order valence-corrected chi connectivity index (χ3v) is 6.04. The van der Waals surface area contributed by atoms with E-state index in [2.05, 4.69) is 36.2 Å². The fourth-order valence-electron chi connectivity index (χ4n) is 3.29. The Balaban J connectivity index is 1.82. The molecule has 2 aromatic carbocycles. The molecule has 5 heteroatoms. The molecule has 0 amide bonds. The Hall–Kier alpha value is -2.43. The fraction of sp³-hybridized carbons (Fsp3) is 0.182. The molecule has 4 rings (SSSR count). The van der Waals surface area contributed by atoms with E-state index in [0.717, 1.165) is 32.8 Å². The predicted octanol–water partition coefficient (Wildman–Crippen LogP) is 5.70. The van der Waals surface area contributed by atoms with E-state index in [-0.39, 0.29) is 5.56 Å². The van der Waals surface area contributed by atoms with E-state index in [1.807, 2.05) is 31.2 Å². The maximum Gasteiger partial charge on any atom is 0.263 e. The minimum Gasteiger partial charge on any atom is -0.294 e. The van der Waals surface area contributed by atoms with Crippen LogP contribution >= 0.6 is 22.9 Å². The highest BCUT2D eigenvalue weighted by Gasteiger charge is 2.17. The predicted molar refractivity (Wildman–Crippen MR) is 114 cm³/mol. The van der Waals surface area contributed by atoms with Crippen molar-refractivity contribution in [2.24, 2.45) is 0 Å². The number of hydrogen-bond acceptors (Lipinski definition) is 3. The average Bonchev–Trinajstić information content (AvgIpc) is 3.02. The van der Waals surface area contributed by atoms with Crippen LogP contribution in [0.3, 0.4) is 0 Å².